The fourth-order valence-electron chi connectivity index (χ4n) is 1.84. The lowest BCUT2D eigenvalue weighted by molar-refractivity contribution is -0.144. The highest BCUT2D eigenvalue weighted by atomic mass is 16.5. The van der Waals surface area contributed by atoms with E-state index < -0.39 is 5.97 Å². The number of nitrogens with zero attached hydrogens (tertiary/aromatic N) is 1. The zero-order chi connectivity index (χ0) is 15.3. The molecule has 0 heterocycles. The maximum absolute atomic E-state index is 12.5. The van der Waals surface area contributed by atoms with E-state index in [1.165, 1.54) is 11.0 Å². The van der Waals surface area contributed by atoms with E-state index in [1.54, 1.807) is 26.0 Å². The van der Waals surface area contributed by atoms with Crippen molar-refractivity contribution < 1.29 is 19.4 Å². The highest BCUT2D eigenvalue weighted by molar-refractivity contribution is 5.98. The van der Waals surface area contributed by atoms with Gasteiger partial charge in [0.15, 0.2) is 0 Å². The van der Waals surface area contributed by atoms with Crippen LogP contribution in [0.25, 0.3) is 0 Å². The Kier molecular flexibility index (Phi) is 5.55. The summed E-state index contributed by atoms with van der Waals surface area (Å²) in [5.74, 6) is -0.662. The first-order valence-corrected chi connectivity index (χ1v) is 6.63. The van der Waals surface area contributed by atoms with Crippen LogP contribution in [0, 0.1) is 6.92 Å². The number of phenols is 1. The lowest BCUT2D eigenvalue weighted by atomic mass is 10.1. The minimum absolute atomic E-state index is 0.0655. The van der Waals surface area contributed by atoms with Gasteiger partial charge in [-0.15, -0.1) is 0 Å². The van der Waals surface area contributed by atoms with E-state index in [1.807, 2.05) is 13.8 Å². The van der Waals surface area contributed by atoms with Crippen molar-refractivity contribution in [3.8, 4) is 5.75 Å². The van der Waals surface area contributed by atoms with Gasteiger partial charge in [-0.3, -0.25) is 9.59 Å². The summed E-state index contributed by atoms with van der Waals surface area (Å²) in [5.41, 5.74) is 0.898. The third-order valence-corrected chi connectivity index (χ3v) is 3.02. The number of carbonyl (C=O) groups is 2. The number of carbonyl (C=O) groups excluding carboxylic acids is 2. The first-order valence-electron chi connectivity index (χ1n) is 6.63. The molecule has 0 fully saturated rings. The summed E-state index contributed by atoms with van der Waals surface area (Å²) in [6, 6.07) is 4.63. The van der Waals surface area contributed by atoms with E-state index in [0.717, 1.165) is 0 Å². The predicted octanol–water partition coefficient (Wildman–Crippen LogP) is 2.11. The highest BCUT2D eigenvalue weighted by Crippen LogP contribution is 2.21. The Morgan fingerprint density at radius 3 is 2.55 bits per heavy atom. The number of amides is 1. The van der Waals surface area contributed by atoms with Crippen molar-refractivity contribution in [3.05, 3.63) is 29.3 Å². The number of ether oxygens (including phenoxy) is 1. The van der Waals surface area contributed by atoms with Gasteiger partial charge in [-0.1, -0.05) is 6.07 Å². The number of hydrogen-bond donors (Lipinski definition) is 1. The normalized spacial score (nSPS) is 10.4. The first-order chi connectivity index (χ1) is 9.38. The summed E-state index contributed by atoms with van der Waals surface area (Å²) in [7, 11) is 0. The molecule has 0 aliphatic heterocycles. The third-order valence-electron chi connectivity index (χ3n) is 3.02. The molecule has 20 heavy (non-hydrogen) atoms. The third kappa shape index (κ3) is 3.73. The molecule has 0 aromatic heterocycles. The average Bonchev–Trinajstić information content (AvgIpc) is 2.38. The van der Waals surface area contributed by atoms with E-state index in [-0.39, 0.29) is 30.9 Å². The van der Waals surface area contributed by atoms with Crippen LogP contribution in [-0.4, -0.2) is 41.1 Å². The van der Waals surface area contributed by atoms with Gasteiger partial charge in [0.25, 0.3) is 5.91 Å². The fourth-order valence-corrected chi connectivity index (χ4v) is 1.84. The zero-order valence-electron chi connectivity index (χ0n) is 12.3. The summed E-state index contributed by atoms with van der Waals surface area (Å²) >= 11 is 0. The minimum Gasteiger partial charge on any atom is -0.508 e. The molecule has 0 radical (unpaired) electrons. The molecule has 1 amide bonds. The number of esters is 1. The second-order valence-corrected chi connectivity index (χ2v) is 4.78. The molecule has 0 aliphatic rings. The van der Waals surface area contributed by atoms with E-state index in [0.29, 0.717) is 11.1 Å². The maximum atomic E-state index is 12.5. The number of rotatable bonds is 5. The van der Waals surface area contributed by atoms with Crippen LogP contribution in [0.5, 0.6) is 5.75 Å². The van der Waals surface area contributed by atoms with Crippen LogP contribution < -0.4 is 0 Å². The molecule has 0 unspecified atom stereocenters. The van der Waals surface area contributed by atoms with Gasteiger partial charge in [0.1, 0.15) is 12.3 Å². The SMILES string of the molecule is CCOC(=O)CN(C(=O)c1cccc(O)c1C)C(C)C. The topological polar surface area (TPSA) is 66.8 Å². The molecule has 0 spiro atoms. The van der Waals surface area contributed by atoms with Gasteiger partial charge in [-0.25, -0.2) is 0 Å². The summed E-state index contributed by atoms with van der Waals surface area (Å²) in [5, 5.41) is 9.67. The molecule has 1 aromatic carbocycles. The van der Waals surface area contributed by atoms with Gasteiger partial charge >= 0.3 is 5.97 Å². The van der Waals surface area contributed by atoms with Gasteiger partial charge in [-0.2, -0.15) is 0 Å². The second kappa shape index (κ2) is 6.93. The van der Waals surface area contributed by atoms with Crippen LogP contribution in [0.3, 0.4) is 0 Å². The molecular weight excluding hydrogens is 258 g/mol. The first kappa shape index (κ1) is 16.0. The summed E-state index contributed by atoms with van der Waals surface area (Å²) in [6.07, 6.45) is 0. The van der Waals surface area contributed by atoms with Crippen LogP contribution in [0.1, 0.15) is 36.7 Å². The molecule has 0 bridgehead atoms. The van der Waals surface area contributed by atoms with E-state index in [2.05, 4.69) is 0 Å². The largest absolute Gasteiger partial charge is 0.508 e. The van der Waals surface area contributed by atoms with Gasteiger partial charge in [-0.05, 0) is 39.8 Å². The second-order valence-electron chi connectivity index (χ2n) is 4.78. The molecule has 0 saturated heterocycles. The van der Waals surface area contributed by atoms with E-state index in [9.17, 15) is 14.7 Å². The molecule has 0 saturated carbocycles. The molecular formula is C15H21NO4. The standard InChI is InChI=1S/C15H21NO4/c1-5-20-14(18)9-16(10(2)3)15(19)12-7-6-8-13(17)11(12)4/h6-8,10,17H,5,9H2,1-4H3. The molecule has 1 N–H and O–H groups in total. The Labute approximate surface area is 119 Å². The highest BCUT2D eigenvalue weighted by Gasteiger charge is 2.24. The predicted molar refractivity (Wildman–Crippen MR) is 75.6 cm³/mol. The van der Waals surface area contributed by atoms with Crippen molar-refractivity contribution in [1.82, 2.24) is 4.90 Å². The molecule has 0 aliphatic carbocycles. The lowest BCUT2D eigenvalue weighted by Gasteiger charge is -2.26. The Balaban J connectivity index is 3.00. The molecule has 1 rings (SSSR count). The average molecular weight is 279 g/mol. The van der Waals surface area contributed by atoms with Gasteiger partial charge < -0.3 is 14.7 Å². The van der Waals surface area contributed by atoms with Gasteiger partial charge in [0.2, 0.25) is 0 Å². The molecule has 5 heteroatoms. The van der Waals surface area contributed by atoms with Gasteiger partial charge in [0, 0.05) is 17.2 Å². The summed E-state index contributed by atoms with van der Waals surface area (Å²) in [6.45, 7) is 7.23. The number of phenolic OH excluding ortho intramolecular Hbond substituents is 1. The van der Waals surface area contributed by atoms with Crippen molar-refractivity contribution in [2.24, 2.45) is 0 Å². The van der Waals surface area contributed by atoms with Crippen LogP contribution in [0.15, 0.2) is 18.2 Å². The maximum Gasteiger partial charge on any atom is 0.325 e. The van der Waals surface area contributed by atoms with Crippen molar-refractivity contribution in [3.63, 3.8) is 0 Å². The van der Waals surface area contributed by atoms with Crippen LogP contribution in [-0.2, 0) is 9.53 Å². The lowest BCUT2D eigenvalue weighted by Crippen LogP contribution is -2.41. The van der Waals surface area contributed by atoms with Crippen LogP contribution in [0.4, 0.5) is 0 Å². The molecule has 5 nitrogen and oxygen atoms in total. The van der Waals surface area contributed by atoms with Crippen molar-refractivity contribution in [1.29, 1.82) is 0 Å². The quantitative estimate of drug-likeness (QED) is 0.838. The van der Waals surface area contributed by atoms with E-state index >= 15 is 0 Å². The van der Waals surface area contributed by atoms with Crippen molar-refractivity contribution in [2.75, 3.05) is 13.2 Å². The molecule has 1 aromatic rings. The summed E-state index contributed by atoms with van der Waals surface area (Å²) in [4.78, 5) is 25.5. The monoisotopic (exact) mass is 279 g/mol. The zero-order valence-corrected chi connectivity index (χ0v) is 12.3. The van der Waals surface area contributed by atoms with E-state index in [4.69, 9.17) is 4.74 Å². The Morgan fingerprint density at radius 2 is 2.00 bits per heavy atom. The fraction of sp³-hybridized carbons (Fsp3) is 0.467. The van der Waals surface area contributed by atoms with Crippen molar-refractivity contribution in [2.45, 2.75) is 33.7 Å². The molecule has 110 valence electrons. The van der Waals surface area contributed by atoms with Gasteiger partial charge in [0.05, 0.1) is 6.61 Å². The Hall–Kier alpha value is -2.04. The number of benzene rings is 1. The summed E-state index contributed by atoms with van der Waals surface area (Å²) < 4.78 is 4.88. The minimum atomic E-state index is -0.438. The Bertz CT molecular complexity index is 497. The Morgan fingerprint density at radius 1 is 1.35 bits per heavy atom. The number of hydrogen-bond acceptors (Lipinski definition) is 4. The molecule has 0 atom stereocenters. The van der Waals surface area contributed by atoms with Crippen LogP contribution >= 0.6 is 0 Å². The smallest absolute Gasteiger partial charge is 0.325 e. The van der Waals surface area contributed by atoms with Crippen molar-refractivity contribution >= 4 is 11.9 Å². The number of aromatic hydroxyl groups is 1. The van der Waals surface area contributed by atoms with Crippen LogP contribution in [0.2, 0.25) is 0 Å².